The van der Waals surface area contributed by atoms with Gasteiger partial charge in [-0.2, -0.15) is 0 Å². The minimum atomic E-state index is -1.36. The highest BCUT2D eigenvalue weighted by atomic mass is 35.5. The number of aliphatic hydroxyl groups excluding tert-OH is 3. The maximum absolute atomic E-state index is 12.9. The van der Waals surface area contributed by atoms with Gasteiger partial charge in [0.2, 0.25) is 5.91 Å². The molecule has 0 aromatic carbocycles. The van der Waals surface area contributed by atoms with Crippen LogP contribution in [0.3, 0.4) is 0 Å². The summed E-state index contributed by atoms with van der Waals surface area (Å²) in [5, 5.41) is 36.4. The second kappa shape index (κ2) is 9.81. The Bertz CT molecular complexity index is 536. The molecule has 7 nitrogen and oxygen atoms in total. The summed E-state index contributed by atoms with van der Waals surface area (Å²) >= 11 is 7.57. The van der Waals surface area contributed by atoms with Gasteiger partial charge in [0, 0.05) is 0 Å². The van der Waals surface area contributed by atoms with Gasteiger partial charge in [0.1, 0.15) is 29.9 Å². The smallest absolute Gasteiger partial charge is 0.237 e. The predicted octanol–water partition coefficient (Wildman–Crippen LogP) is 0.437. The lowest BCUT2D eigenvalue weighted by Crippen LogP contribution is -2.65. The summed E-state index contributed by atoms with van der Waals surface area (Å²) in [6.45, 7) is 2.54. The van der Waals surface area contributed by atoms with Gasteiger partial charge in [-0.05, 0) is 63.7 Å². The first kappa shape index (κ1) is 22.6. The molecule has 9 heteroatoms. The molecule has 1 aliphatic carbocycles. The summed E-state index contributed by atoms with van der Waals surface area (Å²) in [6, 6.07) is -0.987. The Morgan fingerprint density at radius 3 is 2.36 bits per heavy atom. The van der Waals surface area contributed by atoms with Crippen molar-refractivity contribution >= 4 is 29.3 Å². The van der Waals surface area contributed by atoms with Crippen LogP contribution in [-0.2, 0) is 9.53 Å². The van der Waals surface area contributed by atoms with Gasteiger partial charge in [0.15, 0.2) is 0 Å². The molecule has 0 bridgehead atoms. The third-order valence-electron chi connectivity index (χ3n) is 6.33. The third-order valence-corrected chi connectivity index (χ3v) is 7.46. The van der Waals surface area contributed by atoms with Crippen LogP contribution in [-0.4, -0.2) is 81.3 Å². The molecule has 5 N–H and O–H groups in total. The molecule has 0 aromatic heterocycles. The summed E-state index contributed by atoms with van der Waals surface area (Å²) in [5.74, 6) is 1.38. The van der Waals surface area contributed by atoms with Gasteiger partial charge in [0.25, 0.3) is 0 Å². The Morgan fingerprint density at radius 1 is 1.11 bits per heavy atom. The summed E-state index contributed by atoms with van der Waals surface area (Å²) < 4.78 is 5.81. The average molecular weight is 437 g/mol. The van der Waals surface area contributed by atoms with Gasteiger partial charge >= 0.3 is 0 Å². The number of thioether (sulfide) groups is 1. The first-order chi connectivity index (χ1) is 13.3. The lowest BCUT2D eigenvalue weighted by molar-refractivity contribution is -0.205. The fourth-order valence-corrected chi connectivity index (χ4v) is 5.31. The lowest BCUT2D eigenvalue weighted by atomic mass is 9.92. The Labute approximate surface area is 175 Å². The van der Waals surface area contributed by atoms with Gasteiger partial charge < -0.3 is 30.7 Å². The number of amides is 1. The number of rotatable bonds is 6. The molecule has 2 heterocycles. The Morgan fingerprint density at radius 2 is 1.75 bits per heavy atom. The van der Waals surface area contributed by atoms with Crippen molar-refractivity contribution in [1.29, 1.82) is 0 Å². The molecule has 2 saturated heterocycles. The molecule has 9 unspecified atom stereocenters. The highest BCUT2D eigenvalue weighted by Gasteiger charge is 2.48. The maximum Gasteiger partial charge on any atom is 0.237 e. The van der Waals surface area contributed by atoms with Crippen molar-refractivity contribution in [3.8, 4) is 0 Å². The molecule has 1 amide bonds. The number of carbonyl (C=O) groups excluding carboxylic acids is 1. The lowest BCUT2D eigenvalue weighted by Gasteiger charge is -2.44. The summed E-state index contributed by atoms with van der Waals surface area (Å²) in [4.78, 5) is 12.9. The standard InChI is InChI=1S/C19H33ClN2O5S/c1-9(20)13(17-15(24)14(23)16(25)19(27-17)28-2)22-18(26)12-6-5-11(7-8-21-12)10-3-4-10/h9-17,19,21,23-25H,3-8H2,1-2H3,(H,22,26). The predicted molar refractivity (Wildman–Crippen MR) is 109 cm³/mol. The maximum atomic E-state index is 12.9. The number of hydrogen-bond acceptors (Lipinski definition) is 7. The van der Waals surface area contributed by atoms with Crippen LogP contribution in [0.25, 0.3) is 0 Å². The van der Waals surface area contributed by atoms with E-state index in [-0.39, 0.29) is 11.9 Å². The molecule has 0 aromatic rings. The Hall–Kier alpha value is -0.0900. The molecule has 9 atom stereocenters. The van der Waals surface area contributed by atoms with Crippen LogP contribution in [0, 0.1) is 11.8 Å². The van der Waals surface area contributed by atoms with Crippen LogP contribution in [0.4, 0.5) is 0 Å². The minimum Gasteiger partial charge on any atom is -0.388 e. The van der Waals surface area contributed by atoms with Crippen molar-refractivity contribution in [2.75, 3.05) is 12.8 Å². The number of ether oxygens (including phenoxy) is 1. The Kier molecular flexibility index (Phi) is 7.92. The zero-order chi connectivity index (χ0) is 20.4. The number of hydrogen-bond donors (Lipinski definition) is 5. The van der Waals surface area contributed by atoms with Crippen molar-refractivity contribution in [3.63, 3.8) is 0 Å². The number of nitrogens with one attached hydrogen (secondary N) is 2. The molecule has 0 spiro atoms. The molecular weight excluding hydrogens is 404 g/mol. The first-order valence-corrected chi connectivity index (χ1v) is 12.0. The number of halogens is 1. The van der Waals surface area contributed by atoms with E-state index in [0.717, 1.165) is 31.7 Å². The summed E-state index contributed by atoms with van der Waals surface area (Å²) in [6.07, 6.45) is 2.49. The van der Waals surface area contributed by atoms with Crippen LogP contribution in [0.5, 0.6) is 0 Å². The highest BCUT2D eigenvalue weighted by molar-refractivity contribution is 7.99. The van der Waals surface area contributed by atoms with E-state index in [1.54, 1.807) is 13.2 Å². The van der Waals surface area contributed by atoms with Gasteiger partial charge in [-0.15, -0.1) is 23.4 Å². The second-order valence-electron chi connectivity index (χ2n) is 8.36. The molecule has 3 rings (SSSR count). The quantitative estimate of drug-likeness (QED) is 0.384. The largest absolute Gasteiger partial charge is 0.388 e. The van der Waals surface area contributed by atoms with Crippen molar-refractivity contribution in [3.05, 3.63) is 0 Å². The fraction of sp³-hybridized carbons (Fsp3) is 0.947. The summed E-state index contributed by atoms with van der Waals surface area (Å²) in [5.41, 5.74) is -0.700. The number of aliphatic hydroxyl groups is 3. The SMILES string of the molecule is CSC1OC(C(NC(=O)C2CCC(C3CC3)CCN2)C(C)Cl)C(O)C(O)C1O. The van der Waals surface area contributed by atoms with Crippen LogP contribution in [0.1, 0.15) is 39.0 Å². The minimum absolute atomic E-state index is 0.161. The van der Waals surface area contributed by atoms with Crippen LogP contribution >= 0.6 is 23.4 Å². The Balaban J connectivity index is 1.64. The third kappa shape index (κ3) is 5.14. The number of alkyl halides is 1. The van der Waals surface area contributed by atoms with Crippen molar-refractivity contribution in [2.24, 2.45) is 11.8 Å². The van der Waals surface area contributed by atoms with Gasteiger partial charge in [-0.3, -0.25) is 4.79 Å². The van der Waals surface area contributed by atoms with E-state index in [9.17, 15) is 20.1 Å². The average Bonchev–Trinajstić information content (AvgIpc) is 3.50. The van der Waals surface area contributed by atoms with Crippen LogP contribution < -0.4 is 10.6 Å². The zero-order valence-corrected chi connectivity index (χ0v) is 18.0. The number of carbonyl (C=O) groups is 1. The molecule has 162 valence electrons. The van der Waals surface area contributed by atoms with Crippen LogP contribution in [0.15, 0.2) is 0 Å². The van der Waals surface area contributed by atoms with Crippen molar-refractivity contribution < 1.29 is 24.9 Å². The van der Waals surface area contributed by atoms with E-state index in [1.807, 2.05) is 0 Å². The first-order valence-electron chi connectivity index (χ1n) is 10.2. The monoisotopic (exact) mass is 436 g/mol. The molecule has 28 heavy (non-hydrogen) atoms. The molecule has 0 radical (unpaired) electrons. The summed E-state index contributed by atoms with van der Waals surface area (Å²) in [7, 11) is 0. The van der Waals surface area contributed by atoms with Gasteiger partial charge in [-0.1, -0.05) is 0 Å². The molecule has 1 saturated carbocycles. The molecular formula is C19H33ClN2O5S. The second-order valence-corrected chi connectivity index (χ2v) is 9.98. The van der Waals surface area contributed by atoms with Crippen molar-refractivity contribution in [2.45, 2.75) is 86.3 Å². The molecule has 3 aliphatic rings. The van der Waals surface area contributed by atoms with E-state index < -0.39 is 41.3 Å². The zero-order valence-electron chi connectivity index (χ0n) is 16.5. The normalized spacial score (nSPS) is 41.7. The van der Waals surface area contributed by atoms with Gasteiger partial charge in [-0.25, -0.2) is 0 Å². The van der Waals surface area contributed by atoms with E-state index >= 15 is 0 Å². The van der Waals surface area contributed by atoms with Crippen LogP contribution in [0.2, 0.25) is 0 Å². The van der Waals surface area contributed by atoms with E-state index in [0.29, 0.717) is 5.92 Å². The van der Waals surface area contributed by atoms with E-state index in [1.165, 1.54) is 24.6 Å². The van der Waals surface area contributed by atoms with Crippen molar-refractivity contribution in [1.82, 2.24) is 10.6 Å². The fourth-order valence-electron chi connectivity index (χ4n) is 4.42. The molecule has 3 fully saturated rings. The van der Waals surface area contributed by atoms with E-state index in [4.69, 9.17) is 16.3 Å². The topological polar surface area (TPSA) is 111 Å². The highest BCUT2D eigenvalue weighted by Crippen LogP contribution is 2.41. The van der Waals surface area contributed by atoms with Gasteiger partial charge in [0.05, 0.1) is 17.5 Å². The molecule has 2 aliphatic heterocycles. The van der Waals surface area contributed by atoms with E-state index in [2.05, 4.69) is 10.6 Å².